The van der Waals surface area contributed by atoms with E-state index < -0.39 is 11.9 Å². The minimum Gasteiger partial charge on any atom is -0.464 e. The summed E-state index contributed by atoms with van der Waals surface area (Å²) in [5, 5.41) is 14.2. The lowest BCUT2D eigenvalue weighted by Crippen LogP contribution is -2.13. The molecule has 25 heavy (non-hydrogen) atoms. The van der Waals surface area contributed by atoms with Gasteiger partial charge in [0, 0.05) is 10.4 Å². The summed E-state index contributed by atoms with van der Waals surface area (Å²) in [7, 11) is 1.27. The molecule has 2 aromatic heterocycles. The molecule has 0 radical (unpaired) electrons. The molecule has 0 bridgehead atoms. The molecule has 0 aliphatic rings. The lowest BCUT2D eigenvalue weighted by Gasteiger charge is -2.06. The summed E-state index contributed by atoms with van der Waals surface area (Å²) in [5.41, 5.74) is 0.973. The van der Waals surface area contributed by atoms with Crippen molar-refractivity contribution in [2.24, 2.45) is 0 Å². The number of carbonyl (C=O) groups is 2. The number of thiazole rings is 1. The van der Waals surface area contributed by atoms with Gasteiger partial charge in [-0.15, -0.1) is 16.4 Å². The summed E-state index contributed by atoms with van der Waals surface area (Å²) in [6, 6.07) is 4.68. The molecular weight excluding hydrogens is 368 g/mol. The number of rotatable bonds is 4. The second-order valence-electron chi connectivity index (χ2n) is 4.79. The Labute approximate surface area is 150 Å². The Kier molecular flexibility index (Phi) is 4.72. The second-order valence-corrected chi connectivity index (χ2v) is 6.40. The first-order valence-corrected chi connectivity index (χ1v) is 8.09. The lowest BCUT2D eigenvalue weighted by molar-refractivity contribution is 0.0594. The summed E-state index contributed by atoms with van der Waals surface area (Å²) >= 11 is 7.30. The van der Waals surface area contributed by atoms with E-state index in [1.54, 1.807) is 25.1 Å². The van der Waals surface area contributed by atoms with Crippen LogP contribution in [0.5, 0.6) is 0 Å². The van der Waals surface area contributed by atoms with Gasteiger partial charge in [-0.1, -0.05) is 11.6 Å². The van der Waals surface area contributed by atoms with Crippen LogP contribution in [0.1, 0.15) is 25.7 Å². The molecule has 3 rings (SSSR count). The van der Waals surface area contributed by atoms with Gasteiger partial charge in [-0.05, 0) is 35.5 Å². The van der Waals surface area contributed by atoms with Gasteiger partial charge in [0.05, 0.1) is 17.8 Å². The Bertz CT molecular complexity index is 940. The fourth-order valence-electron chi connectivity index (χ4n) is 2.01. The fourth-order valence-corrected chi connectivity index (χ4v) is 3.01. The van der Waals surface area contributed by atoms with E-state index in [9.17, 15) is 9.59 Å². The standard InChI is InChI=1S/C14H11ClN6O3S/c1-7-11(13(23)24-2)17-14(25-7)18-12(22)8-3-4-9(15)10(5-8)21-6-16-19-20-21/h3-6H,1-2H3,(H,17,18,22). The summed E-state index contributed by atoms with van der Waals surface area (Å²) in [4.78, 5) is 28.8. The van der Waals surface area contributed by atoms with Crippen LogP contribution in [0.25, 0.3) is 5.69 Å². The Morgan fingerprint density at radius 3 is 2.84 bits per heavy atom. The molecule has 3 aromatic rings. The molecule has 128 valence electrons. The molecule has 1 amide bonds. The topological polar surface area (TPSA) is 112 Å². The average molecular weight is 379 g/mol. The predicted octanol–water partition coefficient (Wildman–Crippen LogP) is 2.12. The molecular formula is C14H11ClN6O3S. The van der Waals surface area contributed by atoms with Crippen LogP contribution in [-0.2, 0) is 4.74 Å². The number of ether oxygens (including phenoxy) is 1. The zero-order valence-electron chi connectivity index (χ0n) is 13.1. The number of aromatic nitrogens is 5. The second kappa shape index (κ2) is 6.95. The Hall–Kier alpha value is -2.85. The number of hydrogen-bond donors (Lipinski definition) is 1. The number of methoxy groups -OCH3 is 1. The molecule has 0 spiro atoms. The highest BCUT2D eigenvalue weighted by Crippen LogP contribution is 2.25. The average Bonchev–Trinajstić information content (AvgIpc) is 3.24. The summed E-state index contributed by atoms with van der Waals surface area (Å²) in [6.07, 6.45) is 1.37. The van der Waals surface area contributed by atoms with Gasteiger partial charge in [-0.2, -0.15) is 4.68 Å². The van der Waals surface area contributed by atoms with Crippen molar-refractivity contribution < 1.29 is 14.3 Å². The molecule has 2 heterocycles. The van der Waals surface area contributed by atoms with Crippen LogP contribution >= 0.6 is 22.9 Å². The van der Waals surface area contributed by atoms with Gasteiger partial charge in [0.15, 0.2) is 10.8 Å². The van der Waals surface area contributed by atoms with Crippen molar-refractivity contribution in [3.63, 3.8) is 0 Å². The first-order valence-electron chi connectivity index (χ1n) is 6.89. The van der Waals surface area contributed by atoms with Gasteiger partial charge in [-0.3, -0.25) is 10.1 Å². The van der Waals surface area contributed by atoms with E-state index in [4.69, 9.17) is 11.6 Å². The first kappa shape index (κ1) is 17.0. The van der Waals surface area contributed by atoms with Gasteiger partial charge in [0.2, 0.25) is 0 Å². The van der Waals surface area contributed by atoms with Crippen molar-refractivity contribution in [2.75, 3.05) is 12.4 Å². The molecule has 0 saturated heterocycles. The Morgan fingerprint density at radius 2 is 2.16 bits per heavy atom. The smallest absolute Gasteiger partial charge is 0.357 e. The van der Waals surface area contributed by atoms with Crippen molar-refractivity contribution >= 4 is 39.9 Å². The third-order valence-electron chi connectivity index (χ3n) is 3.20. The van der Waals surface area contributed by atoms with Gasteiger partial charge < -0.3 is 4.74 Å². The van der Waals surface area contributed by atoms with Crippen molar-refractivity contribution in [1.29, 1.82) is 0 Å². The molecule has 1 aromatic carbocycles. The maximum atomic E-state index is 12.4. The van der Waals surface area contributed by atoms with Gasteiger partial charge >= 0.3 is 5.97 Å². The summed E-state index contributed by atoms with van der Waals surface area (Å²) in [6.45, 7) is 1.72. The van der Waals surface area contributed by atoms with E-state index in [0.717, 1.165) is 0 Å². The fraction of sp³-hybridized carbons (Fsp3) is 0.143. The Balaban J connectivity index is 1.85. The number of tetrazole rings is 1. The number of amides is 1. The number of hydrogen-bond acceptors (Lipinski definition) is 8. The zero-order valence-corrected chi connectivity index (χ0v) is 14.6. The third kappa shape index (κ3) is 3.49. The molecule has 1 N–H and O–H groups in total. The van der Waals surface area contributed by atoms with Crippen LogP contribution in [-0.4, -0.2) is 44.2 Å². The van der Waals surface area contributed by atoms with Gasteiger partial charge in [0.1, 0.15) is 6.33 Å². The van der Waals surface area contributed by atoms with E-state index in [0.29, 0.717) is 26.3 Å². The van der Waals surface area contributed by atoms with Crippen LogP contribution in [0.4, 0.5) is 5.13 Å². The summed E-state index contributed by atoms with van der Waals surface area (Å²) < 4.78 is 6.00. The number of benzene rings is 1. The molecule has 11 heteroatoms. The number of halogens is 1. The number of aryl methyl sites for hydroxylation is 1. The van der Waals surface area contributed by atoms with Crippen LogP contribution in [0, 0.1) is 6.92 Å². The van der Waals surface area contributed by atoms with Crippen molar-refractivity contribution in [2.45, 2.75) is 6.92 Å². The largest absolute Gasteiger partial charge is 0.464 e. The van der Waals surface area contributed by atoms with E-state index in [2.05, 4.69) is 30.6 Å². The van der Waals surface area contributed by atoms with Gasteiger partial charge in [-0.25, -0.2) is 9.78 Å². The minimum atomic E-state index is -0.554. The highest BCUT2D eigenvalue weighted by Gasteiger charge is 2.18. The number of nitrogens with one attached hydrogen (secondary N) is 1. The summed E-state index contributed by atoms with van der Waals surface area (Å²) in [5.74, 6) is -0.960. The van der Waals surface area contributed by atoms with E-state index >= 15 is 0 Å². The highest BCUT2D eigenvalue weighted by atomic mass is 35.5. The van der Waals surface area contributed by atoms with Crippen LogP contribution in [0.3, 0.4) is 0 Å². The van der Waals surface area contributed by atoms with Crippen LogP contribution < -0.4 is 5.32 Å². The lowest BCUT2D eigenvalue weighted by atomic mass is 10.2. The quantitative estimate of drug-likeness (QED) is 0.692. The number of carbonyl (C=O) groups excluding carboxylic acids is 2. The molecule has 9 nitrogen and oxygen atoms in total. The molecule has 0 aliphatic heterocycles. The van der Waals surface area contributed by atoms with E-state index in [-0.39, 0.29) is 5.69 Å². The minimum absolute atomic E-state index is 0.174. The van der Waals surface area contributed by atoms with Crippen molar-refractivity contribution in [3.8, 4) is 5.69 Å². The van der Waals surface area contributed by atoms with Crippen LogP contribution in [0.2, 0.25) is 5.02 Å². The highest BCUT2D eigenvalue weighted by molar-refractivity contribution is 7.16. The van der Waals surface area contributed by atoms with E-state index in [1.165, 1.54) is 29.5 Å². The molecule has 0 saturated carbocycles. The molecule has 0 unspecified atom stereocenters. The maximum absolute atomic E-state index is 12.4. The molecule has 0 aliphatic carbocycles. The van der Waals surface area contributed by atoms with Crippen molar-refractivity contribution in [3.05, 3.63) is 45.7 Å². The molecule has 0 fully saturated rings. The SMILES string of the molecule is COC(=O)c1nc(NC(=O)c2ccc(Cl)c(-n3cnnn3)c2)sc1C. The normalized spacial score (nSPS) is 10.5. The zero-order chi connectivity index (χ0) is 18.0. The number of esters is 1. The van der Waals surface area contributed by atoms with E-state index in [1.807, 2.05) is 0 Å². The first-order chi connectivity index (χ1) is 12.0. The number of anilines is 1. The van der Waals surface area contributed by atoms with Crippen LogP contribution in [0.15, 0.2) is 24.5 Å². The monoisotopic (exact) mass is 378 g/mol. The number of nitrogens with zero attached hydrogens (tertiary/aromatic N) is 5. The maximum Gasteiger partial charge on any atom is 0.357 e. The van der Waals surface area contributed by atoms with Crippen molar-refractivity contribution in [1.82, 2.24) is 25.2 Å². The Morgan fingerprint density at radius 1 is 1.36 bits per heavy atom. The predicted molar refractivity (Wildman–Crippen MR) is 90.3 cm³/mol. The third-order valence-corrected chi connectivity index (χ3v) is 4.41. The molecule has 0 atom stereocenters. The van der Waals surface area contributed by atoms with Gasteiger partial charge in [0.25, 0.3) is 5.91 Å².